The Kier molecular flexibility index (Phi) is 3.59. The minimum absolute atomic E-state index is 0.0379. The van der Waals surface area contributed by atoms with Crippen LogP contribution in [0.4, 0.5) is 17.1 Å². The fourth-order valence-corrected chi connectivity index (χ4v) is 2.00. The van der Waals surface area contributed by atoms with E-state index in [-0.39, 0.29) is 24.4 Å². The number of anilines is 3. The number of nitrogens with two attached hydrogens (primary N) is 1. The van der Waals surface area contributed by atoms with Crippen LogP contribution in [0.5, 0.6) is 0 Å². The standard InChI is InChI=1S/C13H18N4O2/c1-7(2)16-13(19)6-15-11-5-10-8(3-9(11)14)4-12(18)17-10/h3,5,7,15H,4,6,14H2,1-2H3,(H,16,19)(H,17,18). The predicted molar refractivity (Wildman–Crippen MR) is 75.0 cm³/mol. The Balaban J connectivity index is 2.04. The first-order chi connectivity index (χ1) is 8.95. The molecule has 1 aliphatic heterocycles. The molecule has 0 bridgehead atoms. The topological polar surface area (TPSA) is 96.2 Å². The highest BCUT2D eigenvalue weighted by Crippen LogP contribution is 2.31. The van der Waals surface area contributed by atoms with Gasteiger partial charge in [0.05, 0.1) is 24.3 Å². The highest BCUT2D eigenvalue weighted by Gasteiger charge is 2.19. The van der Waals surface area contributed by atoms with E-state index in [0.717, 1.165) is 11.3 Å². The summed E-state index contributed by atoms with van der Waals surface area (Å²) in [6, 6.07) is 3.62. The first kappa shape index (κ1) is 13.2. The zero-order valence-corrected chi connectivity index (χ0v) is 11.0. The molecule has 0 saturated heterocycles. The SMILES string of the molecule is CC(C)NC(=O)CNc1cc2c(cc1N)CC(=O)N2. The monoisotopic (exact) mass is 262 g/mol. The first-order valence-corrected chi connectivity index (χ1v) is 6.21. The fourth-order valence-electron chi connectivity index (χ4n) is 2.00. The van der Waals surface area contributed by atoms with Gasteiger partial charge >= 0.3 is 0 Å². The zero-order valence-electron chi connectivity index (χ0n) is 11.0. The number of carbonyl (C=O) groups is 2. The summed E-state index contributed by atoms with van der Waals surface area (Å²) in [6.07, 6.45) is 0.355. The summed E-state index contributed by atoms with van der Waals surface area (Å²) >= 11 is 0. The van der Waals surface area contributed by atoms with Crippen molar-refractivity contribution in [3.05, 3.63) is 17.7 Å². The maximum atomic E-state index is 11.5. The molecular formula is C13H18N4O2. The Labute approximate surface area is 111 Å². The molecule has 6 heteroatoms. The van der Waals surface area contributed by atoms with Gasteiger partial charge in [-0.2, -0.15) is 0 Å². The van der Waals surface area contributed by atoms with Crippen LogP contribution < -0.4 is 21.7 Å². The van der Waals surface area contributed by atoms with Crippen LogP contribution in [0.2, 0.25) is 0 Å². The number of hydrogen-bond donors (Lipinski definition) is 4. The van der Waals surface area contributed by atoms with Crippen molar-refractivity contribution in [1.82, 2.24) is 5.32 Å². The molecule has 102 valence electrons. The minimum Gasteiger partial charge on any atom is -0.397 e. The van der Waals surface area contributed by atoms with Gasteiger partial charge in [-0.05, 0) is 31.5 Å². The molecule has 19 heavy (non-hydrogen) atoms. The van der Waals surface area contributed by atoms with Crippen molar-refractivity contribution in [1.29, 1.82) is 0 Å². The van der Waals surface area contributed by atoms with Crippen LogP contribution in [-0.2, 0) is 16.0 Å². The van der Waals surface area contributed by atoms with E-state index in [9.17, 15) is 9.59 Å². The summed E-state index contributed by atoms with van der Waals surface area (Å²) in [6.45, 7) is 3.95. The molecule has 0 unspecified atom stereocenters. The van der Waals surface area contributed by atoms with Crippen LogP contribution in [0.3, 0.4) is 0 Å². The van der Waals surface area contributed by atoms with Crippen LogP contribution in [0.1, 0.15) is 19.4 Å². The van der Waals surface area contributed by atoms with E-state index in [4.69, 9.17) is 5.73 Å². The second-order valence-corrected chi connectivity index (χ2v) is 4.90. The first-order valence-electron chi connectivity index (χ1n) is 6.21. The van der Waals surface area contributed by atoms with E-state index in [1.807, 2.05) is 13.8 Å². The van der Waals surface area contributed by atoms with Crippen molar-refractivity contribution in [2.75, 3.05) is 22.9 Å². The van der Waals surface area contributed by atoms with E-state index in [0.29, 0.717) is 17.8 Å². The van der Waals surface area contributed by atoms with Crippen molar-refractivity contribution >= 4 is 28.9 Å². The maximum Gasteiger partial charge on any atom is 0.239 e. The van der Waals surface area contributed by atoms with E-state index in [1.54, 1.807) is 12.1 Å². The van der Waals surface area contributed by atoms with E-state index < -0.39 is 0 Å². The predicted octanol–water partition coefficient (Wildman–Crippen LogP) is 0.700. The van der Waals surface area contributed by atoms with Crippen molar-refractivity contribution < 1.29 is 9.59 Å². The molecule has 2 rings (SSSR count). The largest absolute Gasteiger partial charge is 0.397 e. The summed E-state index contributed by atoms with van der Waals surface area (Å²) in [5.41, 5.74) is 8.72. The second kappa shape index (κ2) is 5.17. The van der Waals surface area contributed by atoms with Gasteiger partial charge in [0.15, 0.2) is 0 Å². The number of nitrogen functional groups attached to an aromatic ring is 1. The lowest BCUT2D eigenvalue weighted by Gasteiger charge is -2.13. The lowest BCUT2D eigenvalue weighted by molar-refractivity contribution is -0.120. The molecule has 0 saturated carbocycles. The minimum atomic E-state index is -0.0982. The van der Waals surface area contributed by atoms with Gasteiger partial charge in [-0.25, -0.2) is 0 Å². The van der Waals surface area contributed by atoms with Gasteiger partial charge in [0.2, 0.25) is 11.8 Å². The third kappa shape index (κ3) is 3.15. The summed E-state index contributed by atoms with van der Waals surface area (Å²) in [5.74, 6) is -0.136. The molecule has 1 heterocycles. The Morgan fingerprint density at radius 1 is 1.47 bits per heavy atom. The van der Waals surface area contributed by atoms with Crippen molar-refractivity contribution in [3.63, 3.8) is 0 Å². The average Bonchev–Trinajstić information content (AvgIpc) is 2.64. The number of nitrogens with one attached hydrogen (secondary N) is 3. The smallest absolute Gasteiger partial charge is 0.239 e. The molecule has 5 N–H and O–H groups in total. The van der Waals surface area contributed by atoms with E-state index in [1.165, 1.54) is 0 Å². The van der Waals surface area contributed by atoms with Gasteiger partial charge < -0.3 is 21.7 Å². The molecule has 0 radical (unpaired) electrons. The summed E-state index contributed by atoms with van der Waals surface area (Å²) in [5, 5.41) is 8.50. The van der Waals surface area contributed by atoms with Gasteiger partial charge in [-0.1, -0.05) is 0 Å². The molecule has 1 aromatic rings. The lowest BCUT2D eigenvalue weighted by atomic mass is 10.1. The Bertz CT molecular complexity index is 526. The van der Waals surface area contributed by atoms with Crippen molar-refractivity contribution in [3.8, 4) is 0 Å². The highest BCUT2D eigenvalue weighted by atomic mass is 16.2. The molecule has 0 fully saturated rings. The highest BCUT2D eigenvalue weighted by molar-refractivity contribution is 6.01. The zero-order chi connectivity index (χ0) is 14.0. The molecular weight excluding hydrogens is 244 g/mol. The fraction of sp³-hybridized carbons (Fsp3) is 0.385. The number of carbonyl (C=O) groups excluding carboxylic acids is 2. The van der Waals surface area contributed by atoms with E-state index in [2.05, 4.69) is 16.0 Å². The quantitative estimate of drug-likeness (QED) is 0.601. The summed E-state index contributed by atoms with van der Waals surface area (Å²) in [7, 11) is 0. The molecule has 1 aromatic carbocycles. The van der Waals surface area contributed by atoms with E-state index >= 15 is 0 Å². The molecule has 0 spiro atoms. The Hall–Kier alpha value is -2.24. The van der Waals surface area contributed by atoms with Crippen LogP contribution in [0.25, 0.3) is 0 Å². The number of fused-ring (bicyclic) bond motifs is 1. The summed E-state index contributed by atoms with van der Waals surface area (Å²) in [4.78, 5) is 22.8. The second-order valence-electron chi connectivity index (χ2n) is 4.90. The number of rotatable bonds is 4. The molecule has 0 aromatic heterocycles. The lowest BCUT2D eigenvalue weighted by Crippen LogP contribution is -2.34. The van der Waals surface area contributed by atoms with Gasteiger partial charge in [-0.3, -0.25) is 9.59 Å². The number of amides is 2. The summed E-state index contributed by atoms with van der Waals surface area (Å²) < 4.78 is 0. The maximum absolute atomic E-state index is 11.5. The molecule has 0 aliphatic carbocycles. The average molecular weight is 262 g/mol. The third-order valence-electron chi connectivity index (χ3n) is 2.79. The molecule has 0 atom stereocenters. The van der Waals surface area contributed by atoms with Crippen molar-refractivity contribution in [2.24, 2.45) is 0 Å². The number of benzene rings is 1. The van der Waals surface area contributed by atoms with Crippen LogP contribution in [0, 0.1) is 0 Å². The van der Waals surface area contributed by atoms with Crippen LogP contribution in [0.15, 0.2) is 12.1 Å². The molecule has 6 nitrogen and oxygen atoms in total. The number of hydrogen-bond acceptors (Lipinski definition) is 4. The molecule has 2 amide bonds. The third-order valence-corrected chi connectivity index (χ3v) is 2.79. The Morgan fingerprint density at radius 3 is 2.89 bits per heavy atom. The van der Waals surface area contributed by atoms with Gasteiger partial charge in [0.25, 0.3) is 0 Å². The Morgan fingerprint density at radius 2 is 2.21 bits per heavy atom. The van der Waals surface area contributed by atoms with Crippen molar-refractivity contribution in [2.45, 2.75) is 26.3 Å². The normalized spacial score (nSPS) is 13.1. The van der Waals surface area contributed by atoms with Crippen LogP contribution >= 0.6 is 0 Å². The van der Waals surface area contributed by atoms with Gasteiger partial charge in [0.1, 0.15) is 0 Å². The van der Waals surface area contributed by atoms with Gasteiger partial charge in [0, 0.05) is 11.7 Å². The molecule has 1 aliphatic rings. The van der Waals surface area contributed by atoms with Crippen LogP contribution in [-0.4, -0.2) is 24.4 Å². The van der Waals surface area contributed by atoms with Gasteiger partial charge in [-0.15, -0.1) is 0 Å².